The van der Waals surface area contributed by atoms with Crippen LogP contribution in [-0.2, 0) is 28.2 Å². The number of hydrogen-bond acceptors (Lipinski definition) is 5. The number of imidazole rings is 1. The van der Waals surface area contributed by atoms with E-state index in [1.54, 1.807) is 35.2 Å². The zero-order valence-corrected chi connectivity index (χ0v) is 17.7. The van der Waals surface area contributed by atoms with Crippen molar-refractivity contribution >= 4 is 33.0 Å². The Morgan fingerprint density at radius 3 is 2.79 bits per heavy atom. The van der Waals surface area contributed by atoms with Gasteiger partial charge in [-0.05, 0) is 36.1 Å². The maximum absolute atomic E-state index is 13.1. The molecule has 0 saturated carbocycles. The second kappa shape index (κ2) is 8.13. The number of nitrogens with one attached hydrogen (secondary N) is 2. The number of rotatable bonds is 7. The van der Waals surface area contributed by atoms with E-state index in [9.17, 15) is 13.2 Å². The molecule has 1 aliphatic rings. The van der Waals surface area contributed by atoms with Gasteiger partial charge in [-0.2, -0.15) is 0 Å². The largest absolute Gasteiger partial charge is 0.372 e. The first-order valence-electron chi connectivity index (χ1n) is 9.20. The third-order valence-corrected chi connectivity index (χ3v) is 7.26. The highest BCUT2D eigenvalue weighted by atomic mass is 35.5. The number of amides is 1. The molecule has 0 fully saturated rings. The fraction of sp³-hybridized carbons (Fsp3) is 0.474. The molecule has 0 saturated heterocycles. The topological polar surface area (TPSA) is 93.1 Å². The molecular formula is C19H25ClN4O3S. The van der Waals surface area contributed by atoms with E-state index in [0.717, 1.165) is 0 Å². The second-order valence-electron chi connectivity index (χ2n) is 7.50. The molecule has 0 bridgehead atoms. The molecule has 3 rings (SSSR count). The van der Waals surface area contributed by atoms with Crippen LogP contribution < -0.4 is 10.6 Å². The third kappa shape index (κ3) is 4.33. The molecule has 7 nitrogen and oxygen atoms in total. The number of fused-ring (bicyclic) bond motifs is 1. The summed E-state index contributed by atoms with van der Waals surface area (Å²) in [5.74, 6) is 0.574. The van der Waals surface area contributed by atoms with E-state index in [0.29, 0.717) is 28.5 Å². The monoisotopic (exact) mass is 424 g/mol. The molecule has 2 atom stereocenters. The minimum Gasteiger partial charge on any atom is -0.372 e. The molecular weight excluding hydrogens is 400 g/mol. The molecule has 2 unspecified atom stereocenters. The smallest absolute Gasteiger partial charge is 0.244 e. The molecule has 2 N–H and O–H groups in total. The first-order chi connectivity index (χ1) is 13.2. The minimum atomic E-state index is -3.56. The van der Waals surface area contributed by atoms with Crippen molar-refractivity contribution in [2.24, 2.45) is 13.0 Å². The predicted octanol–water partition coefficient (Wildman–Crippen LogP) is 2.69. The SMILES string of the molecule is CC(C)CCS(=O)(=O)C1c2cc(Cl)ccc2NC1C(=O)NCc1nccn1C. The zero-order chi connectivity index (χ0) is 20.5. The molecule has 28 heavy (non-hydrogen) atoms. The lowest BCUT2D eigenvalue weighted by Gasteiger charge is -2.21. The van der Waals surface area contributed by atoms with Gasteiger partial charge < -0.3 is 15.2 Å². The first-order valence-corrected chi connectivity index (χ1v) is 11.3. The Morgan fingerprint density at radius 2 is 2.14 bits per heavy atom. The molecule has 1 aromatic carbocycles. The summed E-state index contributed by atoms with van der Waals surface area (Å²) in [4.78, 5) is 17.1. The van der Waals surface area contributed by atoms with E-state index in [1.807, 2.05) is 20.9 Å². The number of sulfone groups is 1. The van der Waals surface area contributed by atoms with Crippen molar-refractivity contribution < 1.29 is 13.2 Å². The van der Waals surface area contributed by atoms with E-state index >= 15 is 0 Å². The number of benzene rings is 1. The number of nitrogens with zero attached hydrogens (tertiary/aromatic N) is 2. The number of anilines is 1. The fourth-order valence-electron chi connectivity index (χ4n) is 3.30. The second-order valence-corrected chi connectivity index (χ2v) is 10.2. The van der Waals surface area contributed by atoms with Crippen molar-refractivity contribution in [1.82, 2.24) is 14.9 Å². The lowest BCUT2D eigenvalue weighted by atomic mass is 10.1. The van der Waals surface area contributed by atoms with Crippen LogP contribution in [0, 0.1) is 5.92 Å². The summed E-state index contributed by atoms with van der Waals surface area (Å²) < 4.78 is 28.1. The summed E-state index contributed by atoms with van der Waals surface area (Å²) in [5.41, 5.74) is 1.17. The fourth-order valence-corrected chi connectivity index (χ4v) is 5.72. The van der Waals surface area contributed by atoms with Gasteiger partial charge in [0.15, 0.2) is 9.84 Å². The van der Waals surface area contributed by atoms with Crippen LogP contribution in [0.5, 0.6) is 0 Å². The Hall–Kier alpha value is -2.06. The van der Waals surface area contributed by atoms with Gasteiger partial charge in [0.05, 0.1) is 12.3 Å². The van der Waals surface area contributed by atoms with E-state index in [1.165, 1.54) is 0 Å². The Balaban J connectivity index is 1.86. The molecule has 0 radical (unpaired) electrons. The van der Waals surface area contributed by atoms with Crippen molar-refractivity contribution in [3.05, 3.63) is 47.0 Å². The summed E-state index contributed by atoms with van der Waals surface area (Å²) in [7, 11) is -1.73. The first kappa shape index (κ1) is 20.7. The zero-order valence-electron chi connectivity index (χ0n) is 16.1. The molecule has 152 valence electrons. The normalized spacial score (nSPS) is 18.8. The van der Waals surface area contributed by atoms with Gasteiger partial charge in [-0.15, -0.1) is 0 Å². The van der Waals surface area contributed by atoms with Crippen molar-refractivity contribution in [2.75, 3.05) is 11.1 Å². The lowest BCUT2D eigenvalue weighted by molar-refractivity contribution is -0.122. The van der Waals surface area contributed by atoms with E-state index in [-0.39, 0.29) is 24.1 Å². The Labute approximate surface area is 170 Å². The van der Waals surface area contributed by atoms with Gasteiger partial charge >= 0.3 is 0 Å². The lowest BCUT2D eigenvalue weighted by Crippen LogP contribution is -2.43. The van der Waals surface area contributed by atoms with Crippen LogP contribution in [0.25, 0.3) is 0 Å². The average Bonchev–Trinajstić information content (AvgIpc) is 3.21. The van der Waals surface area contributed by atoms with Crippen LogP contribution >= 0.6 is 11.6 Å². The summed E-state index contributed by atoms with van der Waals surface area (Å²) in [5, 5.41) is 5.35. The average molecular weight is 425 g/mol. The molecule has 1 aliphatic heterocycles. The molecule has 1 amide bonds. The highest BCUT2D eigenvalue weighted by Gasteiger charge is 2.44. The Kier molecular flexibility index (Phi) is 6.00. The van der Waals surface area contributed by atoms with Crippen molar-refractivity contribution in [3.8, 4) is 0 Å². The van der Waals surface area contributed by atoms with Crippen LogP contribution in [0.4, 0.5) is 5.69 Å². The van der Waals surface area contributed by atoms with Crippen molar-refractivity contribution in [1.29, 1.82) is 0 Å². The van der Waals surface area contributed by atoms with Gasteiger partial charge in [0.1, 0.15) is 17.1 Å². The summed E-state index contributed by atoms with van der Waals surface area (Å²) >= 11 is 6.11. The van der Waals surface area contributed by atoms with Crippen LogP contribution in [-0.4, -0.2) is 35.7 Å². The number of aromatic nitrogens is 2. The predicted molar refractivity (Wildman–Crippen MR) is 110 cm³/mol. The molecule has 0 aliphatic carbocycles. The third-order valence-electron chi connectivity index (χ3n) is 4.92. The minimum absolute atomic E-state index is 0.0200. The highest BCUT2D eigenvalue weighted by molar-refractivity contribution is 7.91. The highest BCUT2D eigenvalue weighted by Crippen LogP contribution is 2.41. The van der Waals surface area contributed by atoms with E-state index < -0.39 is 21.1 Å². The Morgan fingerprint density at radius 1 is 1.39 bits per heavy atom. The van der Waals surface area contributed by atoms with Crippen LogP contribution in [0.15, 0.2) is 30.6 Å². The van der Waals surface area contributed by atoms with Gasteiger partial charge in [0.2, 0.25) is 5.91 Å². The van der Waals surface area contributed by atoms with Crippen LogP contribution in [0.1, 0.15) is 36.9 Å². The number of halogens is 1. The van der Waals surface area contributed by atoms with Crippen LogP contribution in [0.2, 0.25) is 5.02 Å². The molecule has 2 heterocycles. The molecule has 1 aromatic heterocycles. The number of aryl methyl sites for hydroxylation is 1. The van der Waals surface area contributed by atoms with Crippen LogP contribution in [0.3, 0.4) is 0 Å². The Bertz CT molecular complexity index is 971. The number of carbonyl (C=O) groups is 1. The van der Waals surface area contributed by atoms with E-state index in [4.69, 9.17) is 11.6 Å². The summed E-state index contributed by atoms with van der Waals surface area (Å²) in [6.45, 7) is 4.17. The van der Waals surface area contributed by atoms with E-state index in [2.05, 4.69) is 15.6 Å². The quantitative estimate of drug-likeness (QED) is 0.712. The van der Waals surface area contributed by atoms with Gasteiger partial charge in [-0.3, -0.25) is 4.79 Å². The maximum Gasteiger partial charge on any atom is 0.244 e. The van der Waals surface area contributed by atoms with Gasteiger partial charge in [0, 0.05) is 30.2 Å². The number of hydrogen-bond donors (Lipinski definition) is 2. The summed E-state index contributed by atoms with van der Waals surface area (Å²) in [6, 6.07) is 4.12. The van der Waals surface area contributed by atoms with Gasteiger partial charge in [-0.1, -0.05) is 25.4 Å². The molecule has 0 spiro atoms. The van der Waals surface area contributed by atoms with Gasteiger partial charge in [0.25, 0.3) is 0 Å². The number of carbonyl (C=O) groups excluding carboxylic acids is 1. The van der Waals surface area contributed by atoms with Crippen molar-refractivity contribution in [2.45, 2.75) is 38.1 Å². The molecule has 9 heteroatoms. The van der Waals surface area contributed by atoms with Crippen molar-refractivity contribution in [3.63, 3.8) is 0 Å². The standard InChI is InChI=1S/C19H25ClN4O3S/c1-12(2)6-9-28(26,27)18-14-10-13(20)4-5-15(14)23-17(18)19(25)22-11-16-21-7-8-24(16)3/h4-5,7-8,10,12,17-18,23H,6,9,11H2,1-3H3,(H,22,25). The van der Waals surface area contributed by atoms with Gasteiger partial charge in [-0.25, -0.2) is 13.4 Å². The molecule has 2 aromatic rings. The maximum atomic E-state index is 13.1. The summed E-state index contributed by atoms with van der Waals surface area (Å²) in [6.07, 6.45) is 3.97.